The third-order valence-electron chi connectivity index (χ3n) is 4.88. The molecule has 7 nitrogen and oxygen atoms in total. The number of para-hydroxylation sites is 2. The Morgan fingerprint density at radius 3 is 2.79 bits per heavy atom. The highest BCUT2D eigenvalue weighted by atomic mass is 16.5. The maximum Gasteiger partial charge on any atom is 0.337 e. The smallest absolute Gasteiger partial charge is 0.337 e. The maximum atomic E-state index is 11.8. The van der Waals surface area contributed by atoms with E-state index in [0.717, 1.165) is 11.0 Å². The first kappa shape index (κ1) is 17.8. The molecule has 1 aliphatic heterocycles. The third kappa shape index (κ3) is 2.72. The number of nitrogens with zero attached hydrogens (tertiary/aromatic N) is 3. The number of amidine groups is 1. The lowest BCUT2D eigenvalue weighted by Gasteiger charge is -2.19. The first-order chi connectivity index (χ1) is 13.5. The number of ether oxygens (including phenoxy) is 1. The van der Waals surface area contributed by atoms with Gasteiger partial charge in [0.1, 0.15) is 17.4 Å². The van der Waals surface area contributed by atoms with Gasteiger partial charge in [-0.1, -0.05) is 18.2 Å². The molecule has 0 saturated carbocycles. The van der Waals surface area contributed by atoms with Crippen LogP contribution in [-0.2, 0) is 11.3 Å². The molecule has 0 amide bonds. The summed E-state index contributed by atoms with van der Waals surface area (Å²) in [5, 5.41) is 19.3. The van der Waals surface area contributed by atoms with E-state index in [1.807, 2.05) is 35.8 Å². The fourth-order valence-corrected chi connectivity index (χ4v) is 3.54. The number of aromatic nitrogens is 2. The van der Waals surface area contributed by atoms with Crippen molar-refractivity contribution in [2.24, 2.45) is 0 Å². The van der Waals surface area contributed by atoms with Gasteiger partial charge in [0.05, 0.1) is 35.8 Å². The van der Waals surface area contributed by atoms with E-state index >= 15 is 0 Å². The molecule has 0 saturated heterocycles. The minimum atomic E-state index is -0.447. The molecule has 1 aliphatic rings. The topological polar surface area (TPSA) is 91.4 Å². The molecule has 3 aromatic rings. The summed E-state index contributed by atoms with van der Waals surface area (Å²) < 4.78 is 6.76. The number of methoxy groups -OCH3 is 1. The van der Waals surface area contributed by atoms with E-state index in [4.69, 9.17) is 10.1 Å². The summed E-state index contributed by atoms with van der Waals surface area (Å²) in [5.74, 6) is 0.346. The van der Waals surface area contributed by atoms with Crippen LogP contribution in [0.15, 0.2) is 54.3 Å². The van der Waals surface area contributed by atoms with E-state index < -0.39 is 5.97 Å². The monoisotopic (exact) mass is 376 g/mol. The van der Waals surface area contributed by atoms with Crippen LogP contribution in [0.2, 0.25) is 0 Å². The highest BCUT2D eigenvalue weighted by Gasteiger charge is 2.32. The summed E-state index contributed by atoms with van der Waals surface area (Å²) in [6.07, 6.45) is 0. The average Bonchev–Trinajstić information content (AvgIpc) is 3.23. The number of rotatable bonds is 4. The Balaban J connectivity index is 1.75. The zero-order valence-corrected chi connectivity index (χ0v) is 15.6. The first-order valence-corrected chi connectivity index (χ1v) is 8.97. The summed E-state index contributed by atoms with van der Waals surface area (Å²) in [5.41, 5.74) is 3.20. The molecule has 28 heavy (non-hydrogen) atoms. The molecule has 0 radical (unpaired) electrons. The summed E-state index contributed by atoms with van der Waals surface area (Å²) in [4.78, 5) is 18.1. The van der Waals surface area contributed by atoms with Crippen LogP contribution in [-0.4, -0.2) is 40.1 Å². The van der Waals surface area contributed by atoms with Crippen molar-refractivity contribution >= 4 is 34.1 Å². The van der Waals surface area contributed by atoms with Gasteiger partial charge in [0, 0.05) is 12.2 Å². The standard InChI is InChI=1S/C21H20N4O3/c1-3-24-16-10-5-4-9-15(16)23-20(24)18-17(26)12-25(19(18)22)14-8-6-7-13(11-14)21(27)28-2/h4-11,22,26H,3,12H2,1-2H3. The molecule has 0 bridgehead atoms. The van der Waals surface area contributed by atoms with Crippen molar-refractivity contribution in [1.29, 1.82) is 5.41 Å². The number of fused-ring (bicyclic) bond motifs is 1. The lowest BCUT2D eigenvalue weighted by atomic mass is 10.2. The van der Waals surface area contributed by atoms with Crippen molar-refractivity contribution in [3.63, 3.8) is 0 Å². The number of esters is 1. The summed E-state index contributed by atoms with van der Waals surface area (Å²) in [7, 11) is 1.33. The van der Waals surface area contributed by atoms with E-state index in [1.165, 1.54) is 7.11 Å². The van der Waals surface area contributed by atoms with Gasteiger partial charge in [-0.05, 0) is 37.3 Å². The fourth-order valence-electron chi connectivity index (χ4n) is 3.54. The number of hydrogen-bond donors (Lipinski definition) is 2. The molecule has 0 unspecified atom stereocenters. The van der Waals surface area contributed by atoms with Crippen LogP contribution in [0.4, 0.5) is 5.69 Å². The number of carbonyl (C=O) groups excluding carboxylic acids is 1. The van der Waals surface area contributed by atoms with Crippen molar-refractivity contribution in [1.82, 2.24) is 9.55 Å². The molecule has 2 N–H and O–H groups in total. The predicted octanol–water partition coefficient (Wildman–Crippen LogP) is 3.61. The minimum Gasteiger partial charge on any atom is -0.509 e. The Bertz CT molecular complexity index is 1130. The van der Waals surface area contributed by atoms with Crippen LogP contribution in [0.5, 0.6) is 0 Å². The number of aliphatic hydroxyl groups excluding tert-OH is 1. The van der Waals surface area contributed by atoms with Crippen LogP contribution in [0.1, 0.15) is 23.1 Å². The summed E-state index contributed by atoms with van der Waals surface area (Å²) >= 11 is 0. The SMILES string of the molecule is CCn1c(C2=C(O)CN(c3cccc(C(=O)OC)c3)C2=N)nc2ccccc21. The Kier molecular flexibility index (Phi) is 4.35. The predicted molar refractivity (Wildman–Crippen MR) is 108 cm³/mol. The lowest BCUT2D eigenvalue weighted by molar-refractivity contribution is 0.0601. The number of aryl methyl sites for hydroxylation is 1. The molecule has 0 aliphatic carbocycles. The number of nitrogens with one attached hydrogen (secondary N) is 1. The van der Waals surface area contributed by atoms with Crippen molar-refractivity contribution in [2.45, 2.75) is 13.5 Å². The summed E-state index contributed by atoms with van der Waals surface area (Å²) in [6, 6.07) is 14.6. The van der Waals surface area contributed by atoms with Crippen molar-refractivity contribution in [2.75, 3.05) is 18.6 Å². The van der Waals surface area contributed by atoms with Crippen molar-refractivity contribution in [3.05, 3.63) is 65.7 Å². The van der Waals surface area contributed by atoms with Crippen LogP contribution in [0.25, 0.3) is 16.6 Å². The zero-order chi connectivity index (χ0) is 19.8. The van der Waals surface area contributed by atoms with Crippen LogP contribution in [0, 0.1) is 5.41 Å². The second-order valence-electron chi connectivity index (χ2n) is 6.47. The first-order valence-electron chi connectivity index (χ1n) is 8.97. The summed E-state index contributed by atoms with van der Waals surface area (Å²) in [6.45, 7) is 2.81. The average molecular weight is 376 g/mol. The Morgan fingerprint density at radius 1 is 1.25 bits per heavy atom. The van der Waals surface area contributed by atoms with Gasteiger partial charge in [0.15, 0.2) is 0 Å². The van der Waals surface area contributed by atoms with Crippen LogP contribution < -0.4 is 4.90 Å². The number of imidazole rings is 1. The Hall–Kier alpha value is -3.61. The number of benzene rings is 2. The second kappa shape index (κ2) is 6.84. The molecular weight excluding hydrogens is 356 g/mol. The largest absolute Gasteiger partial charge is 0.509 e. The van der Waals surface area contributed by atoms with Crippen molar-refractivity contribution < 1.29 is 14.6 Å². The van der Waals surface area contributed by atoms with Gasteiger partial charge in [-0.15, -0.1) is 0 Å². The number of carbonyl (C=O) groups is 1. The second-order valence-corrected chi connectivity index (χ2v) is 6.47. The molecular formula is C21H20N4O3. The highest BCUT2D eigenvalue weighted by Crippen LogP contribution is 2.32. The third-order valence-corrected chi connectivity index (χ3v) is 4.88. The van der Waals surface area contributed by atoms with Gasteiger partial charge < -0.3 is 19.3 Å². The molecule has 142 valence electrons. The van der Waals surface area contributed by atoms with E-state index in [2.05, 4.69) is 4.98 Å². The van der Waals surface area contributed by atoms with E-state index in [0.29, 0.717) is 29.2 Å². The zero-order valence-electron chi connectivity index (χ0n) is 15.6. The fraction of sp³-hybridized carbons (Fsp3) is 0.190. The van der Waals surface area contributed by atoms with Gasteiger partial charge in [-0.3, -0.25) is 5.41 Å². The molecule has 0 fully saturated rings. The molecule has 2 aromatic carbocycles. The number of anilines is 1. The maximum absolute atomic E-state index is 11.8. The van der Waals surface area contributed by atoms with E-state index in [-0.39, 0.29) is 18.1 Å². The Labute approximate surface area is 162 Å². The van der Waals surface area contributed by atoms with Gasteiger partial charge in [-0.25, -0.2) is 9.78 Å². The lowest BCUT2D eigenvalue weighted by Crippen LogP contribution is -2.26. The Morgan fingerprint density at radius 2 is 2.04 bits per heavy atom. The molecule has 0 spiro atoms. The number of aliphatic hydroxyl groups is 1. The molecule has 4 rings (SSSR count). The van der Waals surface area contributed by atoms with Gasteiger partial charge in [0.2, 0.25) is 0 Å². The molecule has 7 heteroatoms. The quantitative estimate of drug-likeness (QED) is 0.679. The van der Waals surface area contributed by atoms with E-state index in [1.54, 1.807) is 29.2 Å². The molecule has 1 aromatic heterocycles. The number of hydrogen-bond acceptors (Lipinski definition) is 5. The van der Waals surface area contributed by atoms with E-state index in [9.17, 15) is 9.90 Å². The highest BCUT2D eigenvalue weighted by molar-refractivity contribution is 6.30. The van der Waals surface area contributed by atoms with Gasteiger partial charge in [-0.2, -0.15) is 0 Å². The van der Waals surface area contributed by atoms with Gasteiger partial charge in [0.25, 0.3) is 0 Å². The molecule has 0 atom stereocenters. The van der Waals surface area contributed by atoms with Crippen LogP contribution in [0.3, 0.4) is 0 Å². The van der Waals surface area contributed by atoms with Crippen molar-refractivity contribution in [3.8, 4) is 0 Å². The minimum absolute atomic E-state index is 0.0819. The van der Waals surface area contributed by atoms with Gasteiger partial charge >= 0.3 is 5.97 Å². The van der Waals surface area contributed by atoms with Crippen LogP contribution >= 0.6 is 0 Å². The molecule has 2 heterocycles. The normalized spacial score (nSPS) is 14.2.